The lowest BCUT2D eigenvalue weighted by molar-refractivity contribution is 0.0936. The highest BCUT2D eigenvalue weighted by molar-refractivity contribution is 5.95. The molecule has 0 spiro atoms. The second-order valence-corrected chi connectivity index (χ2v) is 6.75. The highest BCUT2D eigenvalue weighted by atomic mass is 16.5. The van der Waals surface area contributed by atoms with Crippen LogP contribution in [0.4, 0.5) is 0 Å². The molecule has 4 nitrogen and oxygen atoms in total. The predicted octanol–water partition coefficient (Wildman–Crippen LogP) is 2.28. The van der Waals surface area contributed by atoms with E-state index in [-0.39, 0.29) is 5.91 Å². The van der Waals surface area contributed by atoms with Gasteiger partial charge in [-0.05, 0) is 41.3 Å². The molecule has 0 saturated heterocycles. The van der Waals surface area contributed by atoms with Crippen LogP contribution in [0.3, 0.4) is 0 Å². The Kier molecular flexibility index (Phi) is 9.28. The summed E-state index contributed by atoms with van der Waals surface area (Å²) in [5, 5.41) is 4.83. The van der Waals surface area contributed by atoms with Crippen molar-refractivity contribution in [3.05, 3.63) is 33.7 Å². The fraction of sp³-hybridized carbons (Fsp3) is 0.571. The quantitative estimate of drug-likeness (QED) is 0.661. The van der Waals surface area contributed by atoms with Crippen molar-refractivity contribution in [2.45, 2.75) is 40.0 Å². The summed E-state index contributed by atoms with van der Waals surface area (Å²) in [7, 11) is 3.72. The maximum Gasteiger partial charge on any atom is 0.251 e. The fourth-order valence-electron chi connectivity index (χ4n) is 3.04. The molecule has 0 aromatic heterocycles. The van der Waals surface area contributed by atoms with E-state index >= 15 is 0 Å². The van der Waals surface area contributed by atoms with Crippen LogP contribution in [0.15, 0.2) is 12.1 Å². The number of carbonyl (C=O) groups is 1. The Labute approximate surface area is 152 Å². The number of carbonyl (C=O) groups excluding carboxylic acids is 1. The van der Waals surface area contributed by atoms with Crippen LogP contribution in [-0.2, 0) is 4.74 Å². The maximum atomic E-state index is 12.4. The number of methoxy groups -OCH3 is 1. The van der Waals surface area contributed by atoms with Crippen LogP contribution in [0.1, 0.15) is 49.0 Å². The van der Waals surface area contributed by atoms with Crippen molar-refractivity contribution in [3.63, 3.8) is 0 Å². The van der Waals surface area contributed by atoms with E-state index in [4.69, 9.17) is 4.74 Å². The number of rotatable bonds is 10. The Morgan fingerprint density at radius 3 is 2.72 bits per heavy atom. The van der Waals surface area contributed by atoms with E-state index in [1.807, 2.05) is 19.1 Å². The third-order valence-electron chi connectivity index (χ3n) is 4.50. The molecule has 0 aliphatic carbocycles. The monoisotopic (exact) mass is 346 g/mol. The van der Waals surface area contributed by atoms with Crippen LogP contribution in [0, 0.1) is 12.8 Å². The molecule has 0 fully saturated rings. The van der Waals surface area contributed by atoms with Gasteiger partial charge in [-0.2, -0.15) is 0 Å². The molecule has 0 saturated carbocycles. The van der Waals surface area contributed by atoms with Crippen molar-refractivity contribution in [2.24, 2.45) is 5.92 Å². The van der Waals surface area contributed by atoms with Gasteiger partial charge in [0.2, 0.25) is 0 Å². The fourth-order valence-corrected chi connectivity index (χ4v) is 3.04. The zero-order chi connectivity index (χ0) is 18.8. The van der Waals surface area contributed by atoms with Gasteiger partial charge in [-0.15, -0.1) is 0 Å². The van der Waals surface area contributed by atoms with Crippen molar-refractivity contribution < 1.29 is 9.53 Å². The van der Waals surface area contributed by atoms with Crippen molar-refractivity contribution in [2.75, 3.05) is 33.9 Å². The van der Waals surface area contributed by atoms with E-state index in [1.54, 1.807) is 7.11 Å². The average molecular weight is 347 g/mol. The van der Waals surface area contributed by atoms with Gasteiger partial charge < -0.3 is 15.0 Å². The number of ether oxygens (including phenoxy) is 1. The predicted molar refractivity (Wildman–Crippen MR) is 106 cm³/mol. The molecule has 1 unspecified atom stereocenters. The number of amides is 1. The number of aryl methyl sites for hydroxylation is 1. The molecule has 4 heteroatoms. The third-order valence-corrected chi connectivity index (χ3v) is 4.50. The van der Waals surface area contributed by atoms with Crippen molar-refractivity contribution in [1.82, 2.24) is 10.2 Å². The van der Waals surface area contributed by atoms with Gasteiger partial charge in [0.15, 0.2) is 0 Å². The van der Waals surface area contributed by atoms with Gasteiger partial charge in [0.1, 0.15) is 0 Å². The first-order valence-corrected chi connectivity index (χ1v) is 9.21. The van der Waals surface area contributed by atoms with Crippen LogP contribution in [0.5, 0.6) is 0 Å². The second kappa shape index (κ2) is 10.9. The molecule has 0 aliphatic heterocycles. The number of nitrogens with one attached hydrogen (secondary N) is 1. The van der Waals surface area contributed by atoms with Crippen molar-refractivity contribution >= 4 is 18.7 Å². The lowest BCUT2D eigenvalue weighted by atomic mass is 10.0. The summed E-state index contributed by atoms with van der Waals surface area (Å²) in [6.07, 6.45) is 5.74. The Hall–Kier alpha value is -1.81. The van der Waals surface area contributed by atoms with Crippen LogP contribution in [0.25, 0.3) is 12.8 Å². The maximum absolute atomic E-state index is 12.4. The number of hydrogen-bond donors (Lipinski definition) is 1. The minimum absolute atomic E-state index is 0.0655. The van der Waals surface area contributed by atoms with Crippen LogP contribution < -0.4 is 15.8 Å². The molecular weight excluding hydrogens is 312 g/mol. The zero-order valence-electron chi connectivity index (χ0n) is 16.5. The summed E-state index contributed by atoms with van der Waals surface area (Å²) < 4.78 is 4.98. The molecule has 0 aliphatic rings. The molecule has 1 aromatic carbocycles. The number of benzene rings is 1. The lowest BCUT2D eigenvalue weighted by Gasteiger charge is -2.21. The van der Waals surface area contributed by atoms with Gasteiger partial charge >= 0.3 is 0 Å². The molecule has 140 valence electrons. The summed E-state index contributed by atoms with van der Waals surface area (Å²) in [5.41, 5.74) is 1.64. The molecule has 0 heterocycles. The highest BCUT2D eigenvalue weighted by Crippen LogP contribution is 2.12. The largest absolute Gasteiger partial charge is 0.383 e. The topological polar surface area (TPSA) is 41.6 Å². The highest BCUT2D eigenvalue weighted by Gasteiger charge is 2.10. The van der Waals surface area contributed by atoms with Gasteiger partial charge in [-0.3, -0.25) is 4.79 Å². The van der Waals surface area contributed by atoms with Gasteiger partial charge in [0, 0.05) is 39.0 Å². The first kappa shape index (κ1) is 21.2. The van der Waals surface area contributed by atoms with Crippen LogP contribution >= 0.6 is 0 Å². The minimum Gasteiger partial charge on any atom is -0.383 e. The summed E-state index contributed by atoms with van der Waals surface area (Å²) >= 11 is 0. The molecule has 25 heavy (non-hydrogen) atoms. The minimum atomic E-state index is -0.0655. The normalized spacial score (nSPS) is 12.9. The summed E-state index contributed by atoms with van der Waals surface area (Å²) in [5.74, 6) is 0.631. The standard InChI is InChI=1S/C21H34N2O2/c1-7-9-18(8-2)14-23(5)15-19-13-20(17(4)12-16(19)3)21(24)22-10-11-25-6/h12-13,15,18H,3,7-11,14H2,1-2,4-6H3,(H,22,24)/b19-15-. The molecule has 1 rings (SSSR count). The summed E-state index contributed by atoms with van der Waals surface area (Å²) in [6, 6.07) is 3.92. The Balaban J connectivity index is 3.00. The van der Waals surface area contributed by atoms with E-state index in [0.29, 0.717) is 24.6 Å². The van der Waals surface area contributed by atoms with E-state index < -0.39 is 0 Å². The Morgan fingerprint density at radius 1 is 1.40 bits per heavy atom. The number of nitrogens with zero attached hydrogens (tertiary/aromatic N) is 1. The van der Waals surface area contributed by atoms with E-state index in [2.05, 4.69) is 43.9 Å². The molecular formula is C21H34N2O2. The van der Waals surface area contributed by atoms with Crippen molar-refractivity contribution in [3.8, 4) is 0 Å². The number of hydrogen-bond acceptors (Lipinski definition) is 3. The van der Waals surface area contributed by atoms with Gasteiger partial charge in [-0.25, -0.2) is 0 Å². The lowest BCUT2D eigenvalue weighted by Crippen LogP contribution is -2.33. The average Bonchev–Trinajstić information content (AvgIpc) is 2.56. The van der Waals surface area contributed by atoms with E-state index in [9.17, 15) is 4.79 Å². The van der Waals surface area contributed by atoms with Gasteiger partial charge in [0.05, 0.1) is 6.61 Å². The van der Waals surface area contributed by atoms with E-state index in [1.165, 1.54) is 19.3 Å². The first-order chi connectivity index (χ1) is 11.9. The van der Waals surface area contributed by atoms with Crippen LogP contribution in [-0.4, -0.2) is 44.7 Å². The van der Waals surface area contributed by atoms with Crippen LogP contribution in [0.2, 0.25) is 0 Å². The molecule has 1 atom stereocenters. The second-order valence-electron chi connectivity index (χ2n) is 6.75. The smallest absolute Gasteiger partial charge is 0.251 e. The SMILES string of the molecule is C=c1cc(C)c(C(=O)NCCOC)c/c1=C/N(C)CC(CC)CCC. The van der Waals surface area contributed by atoms with Crippen molar-refractivity contribution in [1.29, 1.82) is 0 Å². The Bertz CT molecular complexity index is 655. The molecule has 0 radical (unpaired) electrons. The van der Waals surface area contributed by atoms with E-state index in [0.717, 1.165) is 22.5 Å². The Morgan fingerprint density at radius 2 is 2.12 bits per heavy atom. The molecule has 0 bridgehead atoms. The van der Waals surface area contributed by atoms with Gasteiger partial charge in [-0.1, -0.05) is 39.3 Å². The summed E-state index contributed by atoms with van der Waals surface area (Å²) in [4.78, 5) is 14.6. The summed E-state index contributed by atoms with van der Waals surface area (Å²) in [6.45, 7) is 12.6. The first-order valence-electron chi connectivity index (χ1n) is 9.21. The van der Waals surface area contributed by atoms with Gasteiger partial charge in [0.25, 0.3) is 5.91 Å². The molecule has 1 amide bonds. The molecule has 1 N–H and O–H groups in total. The zero-order valence-corrected chi connectivity index (χ0v) is 16.5. The molecule has 1 aromatic rings. The third kappa shape index (κ3) is 6.91.